The van der Waals surface area contributed by atoms with Gasteiger partial charge in [-0.15, -0.1) is 0 Å². The molecule has 0 bridgehead atoms. The summed E-state index contributed by atoms with van der Waals surface area (Å²) in [5.41, 5.74) is 0.325. The Balaban J connectivity index is 2.82. The molecule has 1 aliphatic rings. The Hall–Kier alpha value is -0.870. The van der Waals surface area contributed by atoms with Crippen LogP contribution in [0.15, 0.2) is 21.9 Å². The first-order valence-corrected chi connectivity index (χ1v) is 8.11. The smallest absolute Gasteiger partial charge is 0.244 e. The Morgan fingerprint density at radius 1 is 1.44 bits per heavy atom. The molecule has 1 aliphatic heterocycles. The predicted octanol–water partition coefficient (Wildman–Crippen LogP) is -0.327. The lowest BCUT2D eigenvalue weighted by molar-refractivity contribution is 0.574. The van der Waals surface area contributed by atoms with Gasteiger partial charge in [0.2, 0.25) is 20.0 Å². The van der Waals surface area contributed by atoms with Gasteiger partial charge in [-0.2, -0.15) is 4.72 Å². The van der Waals surface area contributed by atoms with Gasteiger partial charge in [0.25, 0.3) is 0 Å². The Labute approximate surface area is 110 Å². The molecule has 0 aliphatic carbocycles. The predicted molar refractivity (Wildman–Crippen MR) is 66.4 cm³/mol. The zero-order valence-corrected chi connectivity index (χ0v) is 11.6. The van der Waals surface area contributed by atoms with Gasteiger partial charge in [0.05, 0.1) is 17.4 Å². The number of rotatable bonds is 1. The minimum Gasteiger partial charge on any atom is -0.360 e. The molecule has 1 aromatic carbocycles. The van der Waals surface area contributed by atoms with Gasteiger partial charge in [-0.1, -0.05) is 11.6 Å². The molecule has 0 aromatic heterocycles. The maximum atomic E-state index is 11.8. The molecule has 0 fully saturated rings. The van der Waals surface area contributed by atoms with Crippen LogP contribution in [0.5, 0.6) is 0 Å². The standard InChI is InChI=1S/C8H10ClN3O4S2/c1-12-4-11-18(15,16)8-3-7(17(10,13)14)5(9)2-6(8)12/h2-3,11H,4H2,1H3,(H2,10,13,14). The SMILES string of the molecule is CN1CNS(=O)(=O)c2cc(S(N)(=O)=O)c(Cl)cc21. The number of nitrogens with one attached hydrogen (secondary N) is 1. The van der Waals surface area contributed by atoms with E-state index in [-0.39, 0.29) is 16.6 Å². The third kappa shape index (κ3) is 2.19. The van der Waals surface area contributed by atoms with E-state index in [0.29, 0.717) is 5.69 Å². The number of benzene rings is 1. The van der Waals surface area contributed by atoms with Crippen molar-refractivity contribution in [2.45, 2.75) is 9.79 Å². The second-order valence-corrected chi connectivity index (χ2v) is 7.47. The number of primary sulfonamides is 1. The van der Waals surface area contributed by atoms with Crippen LogP contribution >= 0.6 is 11.6 Å². The fourth-order valence-corrected chi connectivity index (χ4v) is 4.05. The first kappa shape index (κ1) is 13.6. The molecule has 0 atom stereocenters. The molecule has 100 valence electrons. The molecule has 0 saturated carbocycles. The molecule has 1 heterocycles. The summed E-state index contributed by atoms with van der Waals surface area (Å²) in [7, 11) is -6.18. The van der Waals surface area contributed by atoms with Gasteiger partial charge in [0.1, 0.15) is 9.79 Å². The Kier molecular flexibility index (Phi) is 3.06. The van der Waals surface area contributed by atoms with Gasteiger partial charge in [-0.05, 0) is 12.1 Å². The first-order chi connectivity index (χ1) is 8.13. The normalized spacial score (nSPS) is 18.5. The first-order valence-electron chi connectivity index (χ1n) is 4.70. The number of hydrogen-bond acceptors (Lipinski definition) is 5. The molecule has 2 rings (SSSR count). The van der Waals surface area contributed by atoms with Crippen LogP contribution in [0.4, 0.5) is 5.69 Å². The average Bonchev–Trinajstić information content (AvgIpc) is 2.22. The molecule has 0 spiro atoms. The molecular weight excluding hydrogens is 302 g/mol. The summed E-state index contributed by atoms with van der Waals surface area (Å²) in [5, 5.41) is 4.86. The molecule has 7 nitrogen and oxygen atoms in total. The third-order valence-corrected chi connectivity index (χ3v) is 5.30. The van der Waals surface area contributed by atoms with Crippen LogP contribution in [-0.4, -0.2) is 30.6 Å². The van der Waals surface area contributed by atoms with Gasteiger partial charge in [0, 0.05) is 7.05 Å². The number of anilines is 1. The average molecular weight is 312 g/mol. The Morgan fingerprint density at radius 3 is 2.61 bits per heavy atom. The summed E-state index contributed by atoms with van der Waals surface area (Å²) >= 11 is 5.80. The zero-order valence-electron chi connectivity index (χ0n) is 9.21. The monoisotopic (exact) mass is 311 g/mol. The van der Waals surface area contributed by atoms with Crippen LogP contribution < -0.4 is 14.8 Å². The highest BCUT2D eigenvalue weighted by atomic mass is 35.5. The molecular formula is C8H10ClN3O4S2. The molecule has 10 heteroatoms. The van der Waals surface area contributed by atoms with Crippen LogP contribution in [0.2, 0.25) is 5.02 Å². The number of halogens is 1. The van der Waals surface area contributed by atoms with E-state index >= 15 is 0 Å². The van der Waals surface area contributed by atoms with Crippen LogP contribution in [0, 0.1) is 0 Å². The molecule has 0 saturated heterocycles. The molecule has 0 unspecified atom stereocenters. The van der Waals surface area contributed by atoms with E-state index in [0.717, 1.165) is 6.07 Å². The molecule has 18 heavy (non-hydrogen) atoms. The number of fused-ring (bicyclic) bond motifs is 1. The lowest BCUT2D eigenvalue weighted by atomic mass is 10.3. The van der Waals surface area contributed by atoms with Crippen molar-refractivity contribution in [2.24, 2.45) is 5.14 Å². The van der Waals surface area contributed by atoms with E-state index in [9.17, 15) is 16.8 Å². The van der Waals surface area contributed by atoms with Crippen molar-refractivity contribution in [3.63, 3.8) is 0 Å². The zero-order chi connectivity index (χ0) is 13.7. The van der Waals surface area contributed by atoms with Crippen LogP contribution in [0.3, 0.4) is 0 Å². The van der Waals surface area contributed by atoms with Gasteiger partial charge in [0.15, 0.2) is 0 Å². The number of nitrogens with zero attached hydrogens (tertiary/aromatic N) is 1. The quantitative estimate of drug-likeness (QED) is 0.738. The number of nitrogens with two attached hydrogens (primary N) is 1. The molecule has 1 aromatic rings. The van der Waals surface area contributed by atoms with Crippen molar-refractivity contribution in [3.05, 3.63) is 17.2 Å². The van der Waals surface area contributed by atoms with Crippen molar-refractivity contribution < 1.29 is 16.8 Å². The largest absolute Gasteiger partial charge is 0.360 e. The number of hydrogen-bond donors (Lipinski definition) is 2. The van der Waals surface area contributed by atoms with E-state index in [1.807, 2.05) is 0 Å². The van der Waals surface area contributed by atoms with Crippen LogP contribution in [0.25, 0.3) is 0 Å². The Morgan fingerprint density at radius 2 is 2.06 bits per heavy atom. The maximum Gasteiger partial charge on any atom is 0.244 e. The van der Waals surface area contributed by atoms with Gasteiger partial charge in [-0.25, -0.2) is 22.0 Å². The fourth-order valence-electron chi connectivity index (χ4n) is 1.60. The number of sulfonamides is 2. The molecule has 0 radical (unpaired) electrons. The van der Waals surface area contributed by atoms with Gasteiger partial charge >= 0.3 is 0 Å². The second-order valence-electron chi connectivity index (χ2n) is 3.80. The van der Waals surface area contributed by atoms with Crippen LogP contribution in [-0.2, 0) is 20.0 Å². The van der Waals surface area contributed by atoms with Crippen molar-refractivity contribution in [1.82, 2.24) is 4.72 Å². The minimum absolute atomic E-state index is 0.0837. The lowest BCUT2D eigenvalue weighted by Gasteiger charge is -2.28. The van der Waals surface area contributed by atoms with Crippen LogP contribution in [0.1, 0.15) is 0 Å². The maximum absolute atomic E-state index is 11.8. The van der Waals surface area contributed by atoms with Crippen molar-refractivity contribution in [3.8, 4) is 0 Å². The highest BCUT2D eigenvalue weighted by molar-refractivity contribution is 7.90. The van der Waals surface area contributed by atoms with Crippen molar-refractivity contribution in [1.29, 1.82) is 0 Å². The second kappa shape index (κ2) is 4.07. The Bertz CT molecular complexity index is 714. The van der Waals surface area contributed by atoms with E-state index in [1.165, 1.54) is 6.07 Å². The molecule has 3 N–H and O–H groups in total. The summed E-state index contributed by atoms with van der Waals surface area (Å²) < 4.78 is 48.5. The van der Waals surface area contributed by atoms with E-state index in [1.54, 1.807) is 11.9 Å². The highest BCUT2D eigenvalue weighted by Crippen LogP contribution is 2.34. The topological polar surface area (TPSA) is 110 Å². The molecule has 0 amide bonds. The van der Waals surface area contributed by atoms with E-state index < -0.39 is 24.9 Å². The summed E-state index contributed by atoms with van der Waals surface area (Å²) in [6.07, 6.45) is 0. The fraction of sp³-hybridized carbons (Fsp3) is 0.250. The van der Waals surface area contributed by atoms with Gasteiger partial charge < -0.3 is 4.90 Å². The summed E-state index contributed by atoms with van der Waals surface area (Å²) in [4.78, 5) is 1.02. The van der Waals surface area contributed by atoms with E-state index in [4.69, 9.17) is 16.7 Å². The summed E-state index contributed by atoms with van der Waals surface area (Å²) in [6.45, 7) is 0.0837. The van der Waals surface area contributed by atoms with Gasteiger partial charge in [-0.3, -0.25) is 0 Å². The summed E-state index contributed by atoms with van der Waals surface area (Å²) in [5.74, 6) is 0. The van der Waals surface area contributed by atoms with E-state index in [2.05, 4.69) is 4.72 Å². The third-order valence-electron chi connectivity index (χ3n) is 2.51. The summed E-state index contributed by atoms with van der Waals surface area (Å²) in [6, 6.07) is 2.24. The van der Waals surface area contributed by atoms with Crippen molar-refractivity contribution in [2.75, 3.05) is 18.6 Å². The highest BCUT2D eigenvalue weighted by Gasteiger charge is 2.29. The lowest BCUT2D eigenvalue weighted by Crippen LogP contribution is -2.41. The van der Waals surface area contributed by atoms with Crippen molar-refractivity contribution >= 4 is 37.3 Å². The minimum atomic E-state index is -4.08.